The van der Waals surface area contributed by atoms with E-state index >= 15 is 0 Å². The fourth-order valence-corrected chi connectivity index (χ4v) is 1.20. The number of ether oxygens (including phenoxy) is 1. The summed E-state index contributed by atoms with van der Waals surface area (Å²) in [6, 6.07) is 0. The Hall–Kier alpha value is -1.43. The molecule has 2 N–H and O–H groups in total. The van der Waals surface area contributed by atoms with Crippen molar-refractivity contribution in [3.8, 4) is 0 Å². The van der Waals surface area contributed by atoms with Crippen LogP contribution < -0.4 is 10.7 Å². The molecule has 0 atom stereocenters. The highest BCUT2D eigenvalue weighted by molar-refractivity contribution is 6.39. The molecule has 0 bridgehead atoms. The molecule has 6 nitrogen and oxygen atoms in total. The highest BCUT2D eigenvalue weighted by Gasteiger charge is 2.17. The van der Waals surface area contributed by atoms with Gasteiger partial charge in [0.2, 0.25) is 5.91 Å². The fourth-order valence-electron chi connectivity index (χ4n) is 1.20. The molecule has 0 saturated heterocycles. The van der Waals surface area contributed by atoms with Crippen LogP contribution in [0.3, 0.4) is 0 Å². The van der Waals surface area contributed by atoms with Crippen LogP contribution in [-0.4, -0.2) is 36.8 Å². The molecule has 6 heteroatoms. The Kier molecular flexibility index (Phi) is 4.91. The molecular weight excluding hydrogens is 210 g/mol. The van der Waals surface area contributed by atoms with Crippen LogP contribution >= 0.6 is 0 Å². The molecule has 1 aliphatic heterocycles. The van der Waals surface area contributed by atoms with E-state index in [1.54, 1.807) is 0 Å². The number of rotatable bonds is 5. The lowest BCUT2D eigenvalue weighted by Gasteiger charge is -2.12. The molecule has 0 saturated carbocycles. The van der Waals surface area contributed by atoms with Crippen LogP contribution in [0.1, 0.15) is 26.7 Å². The van der Waals surface area contributed by atoms with Crippen molar-refractivity contribution in [1.82, 2.24) is 10.7 Å². The zero-order valence-electron chi connectivity index (χ0n) is 9.58. The van der Waals surface area contributed by atoms with E-state index in [0.717, 1.165) is 0 Å². The summed E-state index contributed by atoms with van der Waals surface area (Å²) in [6.07, 6.45) is 0.862. The van der Waals surface area contributed by atoms with Crippen LogP contribution in [0.5, 0.6) is 0 Å². The van der Waals surface area contributed by atoms with Crippen molar-refractivity contribution < 1.29 is 14.3 Å². The monoisotopic (exact) mass is 227 g/mol. The molecule has 0 aromatic rings. The van der Waals surface area contributed by atoms with E-state index in [2.05, 4.69) is 15.8 Å². The molecule has 0 aromatic heterocycles. The van der Waals surface area contributed by atoms with Crippen molar-refractivity contribution in [3.05, 3.63) is 0 Å². The SMILES string of the molecule is CC(C)OCCNC(=O)C1=NNC(=O)CC1. The molecule has 0 radical (unpaired) electrons. The van der Waals surface area contributed by atoms with Gasteiger partial charge in [0.1, 0.15) is 5.71 Å². The zero-order chi connectivity index (χ0) is 12.0. The summed E-state index contributed by atoms with van der Waals surface area (Å²) in [6.45, 7) is 4.79. The van der Waals surface area contributed by atoms with E-state index in [0.29, 0.717) is 31.7 Å². The molecule has 1 heterocycles. The van der Waals surface area contributed by atoms with Crippen LogP contribution in [0.4, 0.5) is 0 Å². The van der Waals surface area contributed by atoms with Crippen LogP contribution in [0.2, 0.25) is 0 Å². The lowest BCUT2D eigenvalue weighted by Crippen LogP contribution is -2.38. The molecule has 2 amide bonds. The van der Waals surface area contributed by atoms with E-state index in [-0.39, 0.29) is 17.9 Å². The summed E-state index contributed by atoms with van der Waals surface area (Å²) in [5.41, 5.74) is 2.64. The summed E-state index contributed by atoms with van der Waals surface area (Å²) in [5, 5.41) is 6.37. The number of hydrogen-bond acceptors (Lipinski definition) is 4. The normalized spacial score (nSPS) is 15.7. The van der Waals surface area contributed by atoms with Gasteiger partial charge in [0.15, 0.2) is 0 Å². The largest absolute Gasteiger partial charge is 0.377 e. The number of carbonyl (C=O) groups is 2. The molecule has 0 unspecified atom stereocenters. The Labute approximate surface area is 94.4 Å². The van der Waals surface area contributed by atoms with Crippen LogP contribution in [0.15, 0.2) is 5.10 Å². The summed E-state index contributed by atoms with van der Waals surface area (Å²) in [7, 11) is 0. The van der Waals surface area contributed by atoms with Gasteiger partial charge in [0.25, 0.3) is 5.91 Å². The number of amides is 2. The minimum absolute atomic E-state index is 0.153. The summed E-state index contributed by atoms with van der Waals surface area (Å²) >= 11 is 0. The third-order valence-electron chi connectivity index (χ3n) is 2.01. The molecule has 1 aliphatic rings. The first-order chi connectivity index (χ1) is 7.59. The Bertz CT molecular complexity index is 300. The minimum Gasteiger partial charge on any atom is -0.377 e. The molecule has 0 fully saturated rings. The molecule has 90 valence electrons. The Balaban J connectivity index is 2.22. The second-order valence-corrected chi connectivity index (χ2v) is 3.77. The fraction of sp³-hybridized carbons (Fsp3) is 0.700. The van der Waals surface area contributed by atoms with Gasteiger partial charge in [0, 0.05) is 19.4 Å². The summed E-state index contributed by atoms with van der Waals surface area (Å²) in [4.78, 5) is 22.3. The van der Waals surface area contributed by atoms with Crippen molar-refractivity contribution in [2.75, 3.05) is 13.2 Å². The maximum atomic E-state index is 11.5. The predicted molar refractivity (Wildman–Crippen MR) is 58.9 cm³/mol. The minimum atomic E-state index is -0.243. The second kappa shape index (κ2) is 6.22. The van der Waals surface area contributed by atoms with Crippen molar-refractivity contribution >= 4 is 17.5 Å². The van der Waals surface area contributed by atoms with Gasteiger partial charge in [0.05, 0.1) is 12.7 Å². The smallest absolute Gasteiger partial charge is 0.267 e. The molecule has 0 aliphatic carbocycles. The molecule has 1 rings (SSSR count). The topological polar surface area (TPSA) is 79.8 Å². The maximum absolute atomic E-state index is 11.5. The average Bonchev–Trinajstić information content (AvgIpc) is 2.25. The van der Waals surface area contributed by atoms with E-state index in [4.69, 9.17) is 4.74 Å². The van der Waals surface area contributed by atoms with Crippen molar-refractivity contribution in [1.29, 1.82) is 0 Å². The Morgan fingerprint density at radius 3 is 2.88 bits per heavy atom. The average molecular weight is 227 g/mol. The number of hydrogen-bond donors (Lipinski definition) is 2. The molecule has 0 aromatic carbocycles. The van der Waals surface area contributed by atoms with Gasteiger partial charge in [-0.05, 0) is 13.8 Å². The second-order valence-electron chi connectivity index (χ2n) is 3.77. The van der Waals surface area contributed by atoms with Crippen molar-refractivity contribution in [2.45, 2.75) is 32.8 Å². The first-order valence-electron chi connectivity index (χ1n) is 5.35. The molecular formula is C10H17N3O3. The van der Waals surface area contributed by atoms with Crippen LogP contribution in [0, 0.1) is 0 Å². The van der Waals surface area contributed by atoms with Crippen molar-refractivity contribution in [3.63, 3.8) is 0 Å². The summed E-state index contributed by atoms with van der Waals surface area (Å²) < 4.78 is 5.27. The zero-order valence-corrected chi connectivity index (χ0v) is 9.58. The van der Waals surface area contributed by atoms with Gasteiger partial charge in [-0.2, -0.15) is 5.10 Å². The van der Waals surface area contributed by atoms with Crippen LogP contribution in [0.25, 0.3) is 0 Å². The highest BCUT2D eigenvalue weighted by Crippen LogP contribution is 1.99. The number of hydrazone groups is 1. The quantitative estimate of drug-likeness (QED) is 0.638. The van der Waals surface area contributed by atoms with E-state index in [1.165, 1.54) is 0 Å². The number of carbonyl (C=O) groups excluding carboxylic acids is 2. The van der Waals surface area contributed by atoms with Crippen molar-refractivity contribution in [2.24, 2.45) is 5.10 Å². The van der Waals surface area contributed by atoms with Gasteiger partial charge in [-0.15, -0.1) is 0 Å². The summed E-state index contributed by atoms with van der Waals surface area (Å²) in [5.74, 6) is -0.396. The molecule has 0 spiro atoms. The Morgan fingerprint density at radius 2 is 2.31 bits per heavy atom. The van der Waals surface area contributed by atoms with E-state index < -0.39 is 0 Å². The highest BCUT2D eigenvalue weighted by atomic mass is 16.5. The Morgan fingerprint density at radius 1 is 1.56 bits per heavy atom. The first-order valence-corrected chi connectivity index (χ1v) is 5.35. The first kappa shape index (κ1) is 12.6. The standard InChI is InChI=1S/C10H17N3O3/c1-7(2)16-6-5-11-10(15)8-3-4-9(14)13-12-8/h7H,3-6H2,1-2H3,(H,11,15)(H,13,14). The van der Waals surface area contributed by atoms with Gasteiger partial charge in [-0.1, -0.05) is 0 Å². The lowest BCUT2D eigenvalue weighted by molar-refractivity contribution is -0.121. The number of nitrogens with one attached hydrogen (secondary N) is 2. The third-order valence-corrected chi connectivity index (χ3v) is 2.01. The van der Waals surface area contributed by atoms with E-state index in [9.17, 15) is 9.59 Å². The van der Waals surface area contributed by atoms with Crippen LogP contribution in [-0.2, 0) is 14.3 Å². The number of nitrogens with zero attached hydrogens (tertiary/aromatic N) is 1. The van der Waals surface area contributed by atoms with Gasteiger partial charge >= 0.3 is 0 Å². The van der Waals surface area contributed by atoms with Gasteiger partial charge in [-0.25, -0.2) is 5.43 Å². The lowest BCUT2D eigenvalue weighted by atomic mass is 10.1. The molecule has 16 heavy (non-hydrogen) atoms. The van der Waals surface area contributed by atoms with E-state index in [1.807, 2.05) is 13.8 Å². The third kappa shape index (κ3) is 4.39. The van der Waals surface area contributed by atoms with Gasteiger partial charge in [-0.3, -0.25) is 9.59 Å². The maximum Gasteiger partial charge on any atom is 0.267 e. The van der Waals surface area contributed by atoms with Gasteiger partial charge < -0.3 is 10.1 Å². The predicted octanol–water partition coefficient (Wildman–Crippen LogP) is -0.206.